The Morgan fingerprint density at radius 1 is 1.40 bits per heavy atom. The molecule has 20 heavy (non-hydrogen) atoms. The van der Waals surface area contributed by atoms with Gasteiger partial charge in [-0.05, 0) is 63.4 Å². The van der Waals surface area contributed by atoms with Crippen LogP contribution in [-0.4, -0.2) is 29.9 Å². The van der Waals surface area contributed by atoms with E-state index in [0.717, 1.165) is 24.7 Å². The van der Waals surface area contributed by atoms with Crippen molar-refractivity contribution in [2.75, 3.05) is 24.1 Å². The first-order chi connectivity index (χ1) is 9.56. The lowest BCUT2D eigenvalue weighted by atomic mass is 10.0. The number of hydrogen-bond donors (Lipinski definition) is 2. The molecule has 2 rings (SSSR count). The van der Waals surface area contributed by atoms with Gasteiger partial charge in [-0.25, -0.2) is 0 Å². The molecule has 0 saturated carbocycles. The molecule has 0 bridgehead atoms. The Bertz CT molecular complexity index is 461. The van der Waals surface area contributed by atoms with E-state index in [4.69, 9.17) is 5.73 Å². The highest BCUT2D eigenvalue weighted by atomic mass is 16.2. The van der Waals surface area contributed by atoms with E-state index < -0.39 is 0 Å². The molecule has 1 aliphatic heterocycles. The average molecular weight is 275 g/mol. The maximum Gasteiger partial charge on any atom is 0.241 e. The summed E-state index contributed by atoms with van der Waals surface area (Å²) < 4.78 is 0. The van der Waals surface area contributed by atoms with Crippen molar-refractivity contribution in [1.82, 2.24) is 4.90 Å². The highest BCUT2D eigenvalue weighted by Crippen LogP contribution is 2.19. The number of nitrogens with two attached hydrogens (primary N) is 1. The summed E-state index contributed by atoms with van der Waals surface area (Å²) in [5, 5.41) is 2.95. The van der Waals surface area contributed by atoms with Gasteiger partial charge in [0.05, 0.1) is 6.04 Å². The average Bonchev–Trinajstić information content (AvgIpc) is 2.62. The molecule has 1 aromatic rings. The van der Waals surface area contributed by atoms with Crippen LogP contribution < -0.4 is 11.1 Å². The van der Waals surface area contributed by atoms with E-state index in [1.807, 2.05) is 25.1 Å². The van der Waals surface area contributed by atoms with Crippen molar-refractivity contribution in [2.24, 2.45) is 5.92 Å². The fourth-order valence-electron chi connectivity index (χ4n) is 2.70. The molecule has 1 aliphatic rings. The number of rotatable bonds is 3. The first-order valence-electron chi connectivity index (χ1n) is 7.46. The quantitative estimate of drug-likeness (QED) is 0.834. The van der Waals surface area contributed by atoms with Gasteiger partial charge in [0.2, 0.25) is 5.91 Å². The van der Waals surface area contributed by atoms with E-state index in [1.54, 1.807) is 6.07 Å². The molecule has 110 valence electrons. The standard InChI is InChI=1S/C16H25N3O/c1-12-5-4-9-19(10-8-12)13(2)16(20)18-15-7-3-6-14(17)11-15/h3,6-7,11-13H,4-5,8-10,17H2,1-2H3,(H,18,20). The molecule has 3 N–H and O–H groups in total. The Labute approximate surface area is 121 Å². The summed E-state index contributed by atoms with van der Waals surface area (Å²) in [6, 6.07) is 7.22. The molecule has 1 amide bonds. The Kier molecular flexibility index (Phi) is 5.01. The summed E-state index contributed by atoms with van der Waals surface area (Å²) in [4.78, 5) is 14.6. The number of amides is 1. The molecule has 0 aliphatic carbocycles. The van der Waals surface area contributed by atoms with Crippen molar-refractivity contribution in [3.05, 3.63) is 24.3 Å². The fourth-order valence-corrected chi connectivity index (χ4v) is 2.70. The smallest absolute Gasteiger partial charge is 0.241 e. The molecule has 0 spiro atoms. The van der Waals surface area contributed by atoms with E-state index in [2.05, 4.69) is 17.1 Å². The molecule has 0 radical (unpaired) electrons. The fraction of sp³-hybridized carbons (Fsp3) is 0.562. The monoisotopic (exact) mass is 275 g/mol. The molecule has 4 heteroatoms. The van der Waals surface area contributed by atoms with Gasteiger partial charge in [0.15, 0.2) is 0 Å². The van der Waals surface area contributed by atoms with Gasteiger partial charge in [0, 0.05) is 11.4 Å². The Morgan fingerprint density at radius 3 is 2.95 bits per heavy atom. The van der Waals surface area contributed by atoms with Crippen molar-refractivity contribution in [2.45, 2.75) is 39.2 Å². The molecule has 1 fully saturated rings. The largest absolute Gasteiger partial charge is 0.399 e. The van der Waals surface area contributed by atoms with E-state index in [-0.39, 0.29) is 11.9 Å². The molecule has 1 saturated heterocycles. The highest BCUT2D eigenvalue weighted by Gasteiger charge is 2.23. The zero-order valence-electron chi connectivity index (χ0n) is 12.4. The topological polar surface area (TPSA) is 58.4 Å². The summed E-state index contributed by atoms with van der Waals surface area (Å²) in [6.07, 6.45) is 3.62. The van der Waals surface area contributed by atoms with E-state index in [9.17, 15) is 4.79 Å². The maximum atomic E-state index is 12.3. The summed E-state index contributed by atoms with van der Waals surface area (Å²) in [6.45, 7) is 6.29. The Morgan fingerprint density at radius 2 is 2.20 bits per heavy atom. The van der Waals surface area contributed by atoms with Crippen LogP contribution in [0.2, 0.25) is 0 Å². The van der Waals surface area contributed by atoms with Gasteiger partial charge in [0.25, 0.3) is 0 Å². The number of anilines is 2. The van der Waals surface area contributed by atoms with Gasteiger partial charge in [-0.15, -0.1) is 0 Å². The minimum absolute atomic E-state index is 0.0464. The molecule has 0 aromatic heterocycles. The number of nitrogen functional groups attached to an aromatic ring is 1. The van der Waals surface area contributed by atoms with Crippen LogP contribution in [0.4, 0.5) is 11.4 Å². The molecule has 1 aromatic carbocycles. The first-order valence-corrected chi connectivity index (χ1v) is 7.46. The van der Waals surface area contributed by atoms with Crippen LogP contribution in [0.5, 0.6) is 0 Å². The van der Waals surface area contributed by atoms with Crippen LogP contribution in [0.1, 0.15) is 33.1 Å². The minimum Gasteiger partial charge on any atom is -0.399 e. The lowest BCUT2D eigenvalue weighted by Gasteiger charge is -2.26. The SMILES string of the molecule is CC1CCCN(C(C)C(=O)Nc2cccc(N)c2)CC1. The van der Waals surface area contributed by atoms with Gasteiger partial charge >= 0.3 is 0 Å². The third-order valence-electron chi connectivity index (χ3n) is 4.13. The molecule has 2 atom stereocenters. The van der Waals surface area contributed by atoms with Gasteiger partial charge in [-0.3, -0.25) is 9.69 Å². The molecule has 2 unspecified atom stereocenters. The summed E-state index contributed by atoms with van der Waals surface area (Å²) in [5.74, 6) is 0.814. The van der Waals surface area contributed by atoms with Crippen molar-refractivity contribution < 1.29 is 4.79 Å². The Balaban J connectivity index is 1.94. The summed E-state index contributed by atoms with van der Waals surface area (Å²) >= 11 is 0. The number of nitrogens with one attached hydrogen (secondary N) is 1. The zero-order valence-corrected chi connectivity index (χ0v) is 12.4. The van der Waals surface area contributed by atoms with Crippen molar-refractivity contribution >= 4 is 17.3 Å². The van der Waals surface area contributed by atoms with Crippen LogP contribution in [0.25, 0.3) is 0 Å². The third kappa shape index (κ3) is 3.97. The van der Waals surface area contributed by atoms with Crippen LogP contribution in [-0.2, 0) is 4.79 Å². The van der Waals surface area contributed by atoms with Crippen LogP contribution in [0.15, 0.2) is 24.3 Å². The van der Waals surface area contributed by atoms with Gasteiger partial charge in [-0.2, -0.15) is 0 Å². The normalized spacial score (nSPS) is 22.0. The maximum absolute atomic E-state index is 12.3. The number of hydrogen-bond acceptors (Lipinski definition) is 3. The predicted molar refractivity (Wildman–Crippen MR) is 83.5 cm³/mol. The van der Waals surface area contributed by atoms with Crippen molar-refractivity contribution in [1.29, 1.82) is 0 Å². The lowest BCUT2D eigenvalue weighted by Crippen LogP contribution is -2.42. The lowest BCUT2D eigenvalue weighted by molar-refractivity contribution is -0.120. The molecular weight excluding hydrogens is 250 g/mol. The van der Waals surface area contributed by atoms with Gasteiger partial charge in [0.1, 0.15) is 0 Å². The number of carbonyl (C=O) groups is 1. The van der Waals surface area contributed by atoms with Crippen LogP contribution in [0, 0.1) is 5.92 Å². The number of benzene rings is 1. The predicted octanol–water partition coefficient (Wildman–Crippen LogP) is 2.72. The van der Waals surface area contributed by atoms with E-state index in [1.165, 1.54) is 19.3 Å². The molecule has 1 heterocycles. The first kappa shape index (κ1) is 14.9. The van der Waals surface area contributed by atoms with E-state index in [0.29, 0.717) is 5.69 Å². The van der Waals surface area contributed by atoms with E-state index >= 15 is 0 Å². The van der Waals surface area contributed by atoms with Crippen molar-refractivity contribution in [3.63, 3.8) is 0 Å². The van der Waals surface area contributed by atoms with Gasteiger partial charge < -0.3 is 11.1 Å². The number of carbonyl (C=O) groups excluding carboxylic acids is 1. The minimum atomic E-state index is -0.0956. The highest BCUT2D eigenvalue weighted by molar-refractivity contribution is 5.94. The third-order valence-corrected chi connectivity index (χ3v) is 4.13. The summed E-state index contributed by atoms with van der Waals surface area (Å²) in [5.41, 5.74) is 7.16. The van der Waals surface area contributed by atoms with Crippen LogP contribution in [0.3, 0.4) is 0 Å². The van der Waals surface area contributed by atoms with Gasteiger partial charge in [-0.1, -0.05) is 13.0 Å². The molecular formula is C16H25N3O. The number of likely N-dealkylation sites (tertiary alicyclic amines) is 1. The number of nitrogens with zero attached hydrogens (tertiary/aromatic N) is 1. The second kappa shape index (κ2) is 6.75. The second-order valence-corrected chi connectivity index (χ2v) is 5.86. The van der Waals surface area contributed by atoms with Crippen LogP contribution >= 0.6 is 0 Å². The van der Waals surface area contributed by atoms with Crippen molar-refractivity contribution in [3.8, 4) is 0 Å². The summed E-state index contributed by atoms with van der Waals surface area (Å²) in [7, 11) is 0. The second-order valence-electron chi connectivity index (χ2n) is 5.86. The zero-order chi connectivity index (χ0) is 14.5. The Hall–Kier alpha value is -1.55. The molecule has 4 nitrogen and oxygen atoms in total.